The van der Waals surface area contributed by atoms with Crippen molar-refractivity contribution >= 4 is 12.3 Å². The van der Waals surface area contributed by atoms with Gasteiger partial charge in [0.1, 0.15) is 5.75 Å². The lowest BCUT2D eigenvalue weighted by Gasteiger charge is -2.22. The van der Waals surface area contributed by atoms with Crippen LogP contribution in [0, 0.1) is 17.8 Å². The molecule has 2 amide bonds. The summed E-state index contributed by atoms with van der Waals surface area (Å²) in [7, 11) is 0. The van der Waals surface area contributed by atoms with Crippen molar-refractivity contribution in [1.29, 1.82) is 0 Å². The quantitative estimate of drug-likeness (QED) is 0.368. The number of rotatable bonds is 5. The number of hydrogen-bond acceptors (Lipinski definition) is 6. The zero-order chi connectivity index (χ0) is 21.3. The van der Waals surface area contributed by atoms with E-state index < -0.39 is 6.04 Å². The maximum absolute atomic E-state index is 11.6. The second kappa shape index (κ2) is 12.1. The molecule has 0 spiro atoms. The number of phenols is 1. The molecule has 0 radical (unpaired) electrons. The number of nitrogens with one attached hydrogen (secondary N) is 1. The zero-order valence-corrected chi connectivity index (χ0v) is 17.4. The molecule has 8 nitrogen and oxygen atoms in total. The Balaban J connectivity index is 0.000000527. The zero-order valence-electron chi connectivity index (χ0n) is 17.4. The molecule has 1 aliphatic rings. The first-order valence-corrected chi connectivity index (χ1v) is 9.17. The van der Waals surface area contributed by atoms with Crippen molar-refractivity contribution in [2.75, 3.05) is 19.7 Å². The summed E-state index contributed by atoms with van der Waals surface area (Å²) in [4.78, 5) is 23.6. The molecule has 0 aliphatic carbocycles. The number of β-amino-alcohol motifs (C(OH)–C–C–N with tert-alkyl or cyclic N) is 1. The second-order valence-corrected chi connectivity index (χ2v) is 7.96. The van der Waals surface area contributed by atoms with E-state index in [2.05, 4.69) is 32.0 Å². The minimum Gasteiger partial charge on any atom is -0.508 e. The topological polar surface area (TPSA) is 145 Å². The van der Waals surface area contributed by atoms with Gasteiger partial charge in [-0.3, -0.25) is 9.59 Å². The van der Waals surface area contributed by atoms with E-state index in [1.165, 1.54) is 6.07 Å². The summed E-state index contributed by atoms with van der Waals surface area (Å²) in [5.41, 5.74) is 1.02. The van der Waals surface area contributed by atoms with Crippen LogP contribution in [0.5, 0.6) is 5.75 Å². The highest BCUT2D eigenvalue weighted by atomic mass is 16.3. The standard InChI is InChI=1S/C11H11NO3.C10H19NO2.H3N/c1-2-8-3-4-9(11(15)5-8)10(6-13)12-7-14;1-10(2,3)6-9(13)11-5-4-8(12)7-11;/h1,3-5,7,10,13,15H,6H2,(H,12,14);8,12H,4-7H2,1-3H3;1H3. The van der Waals surface area contributed by atoms with Crippen molar-refractivity contribution in [2.45, 2.75) is 45.8 Å². The van der Waals surface area contributed by atoms with Crippen molar-refractivity contribution in [3.63, 3.8) is 0 Å². The number of amides is 2. The van der Waals surface area contributed by atoms with E-state index >= 15 is 0 Å². The Bertz CT molecular complexity index is 709. The monoisotopic (exact) mass is 407 g/mol. The summed E-state index contributed by atoms with van der Waals surface area (Å²) < 4.78 is 0. The van der Waals surface area contributed by atoms with E-state index in [0.717, 1.165) is 13.0 Å². The summed E-state index contributed by atoms with van der Waals surface area (Å²) >= 11 is 0. The molecule has 1 aliphatic heterocycles. The van der Waals surface area contributed by atoms with Gasteiger partial charge < -0.3 is 31.7 Å². The minimum absolute atomic E-state index is 0. The van der Waals surface area contributed by atoms with Crippen molar-refractivity contribution < 1.29 is 24.9 Å². The van der Waals surface area contributed by atoms with E-state index in [1.807, 2.05) is 0 Å². The lowest BCUT2D eigenvalue weighted by atomic mass is 9.92. The SMILES string of the molecule is C#Cc1ccc(C(CO)NC=O)c(O)c1.CC(C)(C)CC(=O)N1CCC(O)C1.N. The molecule has 0 saturated carbocycles. The van der Waals surface area contributed by atoms with Gasteiger partial charge in [-0.1, -0.05) is 32.8 Å². The van der Waals surface area contributed by atoms with E-state index in [0.29, 0.717) is 30.5 Å². The Morgan fingerprint density at radius 3 is 2.52 bits per heavy atom. The molecule has 162 valence electrons. The van der Waals surface area contributed by atoms with Gasteiger partial charge in [-0.2, -0.15) is 0 Å². The van der Waals surface area contributed by atoms with Crippen LogP contribution in [-0.2, 0) is 9.59 Å². The molecule has 1 saturated heterocycles. The average molecular weight is 408 g/mol. The average Bonchev–Trinajstić information content (AvgIpc) is 3.06. The molecule has 29 heavy (non-hydrogen) atoms. The maximum atomic E-state index is 11.6. The first kappa shape index (κ1) is 26.4. The number of carbonyl (C=O) groups is 2. The summed E-state index contributed by atoms with van der Waals surface area (Å²) in [6.45, 7) is 7.11. The molecule has 2 atom stereocenters. The van der Waals surface area contributed by atoms with Gasteiger partial charge in [0, 0.05) is 30.6 Å². The third-order valence-electron chi connectivity index (χ3n) is 4.22. The number of nitrogens with zero attached hydrogens (tertiary/aromatic N) is 1. The molecule has 8 heteroatoms. The number of aliphatic hydroxyl groups is 2. The predicted octanol–water partition coefficient (Wildman–Crippen LogP) is 1.33. The van der Waals surface area contributed by atoms with Crippen LogP contribution in [0.3, 0.4) is 0 Å². The number of likely N-dealkylation sites (tertiary alicyclic amines) is 1. The molecule has 2 rings (SSSR count). The maximum Gasteiger partial charge on any atom is 0.223 e. The normalized spacial score (nSPS) is 16.6. The molecule has 0 bridgehead atoms. The number of carbonyl (C=O) groups excluding carboxylic acids is 2. The Hall–Kier alpha value is -2.60. The summed E-state index contributed by atoms with van der Waals surface area (Å²) in [6.07, 6.45) is 6.62. The third kappa shape index (κ3) is 8.96. The van der Waals surface area contributed by atoms with Crippen LogP contribution in [0.2, 0.25) is 0 Å². The number of benzene rings is 1. The predicted molar refractivity (Wildman–Crippen MR) is 111 cm³/mol. The van der Waals surface area contributed by atoms with Gasteiger partial charge >= 0.3 is 0 Å². The van der Waals surface area contributed by atoms with Gasteiger partial charge in [0.05, 0.1) is 18.8 Å². The molecule has 1 fully saturated rings. The van der Waals surface area contributed by atoms with Crippen LogP contribution in [-0.4, -0.2) is 58.3 Å². The Morgan fingerprint density at radius 2 is 2.10 bits per heavy atom. The van der Waals surface area contributed by atoms with E-state index in [9.17, 15) is 19.8 Å². The van der Waals surface area contributed by atoms with E-state index in [1.54, 1.807) is 17.0 Å². The number of aliphatic hydroxyl groups excluding tert-OH is 2. The van der Waals surface area contributed by atoms with Gasteiger partial charge in [0.2, 0.25) is 12.3 Å². The fourth-order valence-electron chi connectivity index (χ4n) is 2.78. The van der Waals surface area contributed by atoms with Crippen LogP contribution >= 0.6 is 0 Å². The first-order valence-electron chi connectivity index (χ1n) is 9.17. The number of aromatic hydroxyl groups is 1. The van der Waals surface area contributed by atoms with Crippen LogP contribution < -0.4 is 11.5 Å². The van der Waals surface area contributed by atoms with Gasteiger partial charge in [-0.05, 0) is 24.0 Å². The molecule has 1 aromatic carbocycles. The van der Waals surface area contributed by atoms with Gasteiger partial charge in [0.15, 0.2) is 0 Å². The summed E-state index contributed by atoms with van der Waals surface area (Å²) in [6, 6.07) is 3.99. The molecule has 0 aromatic heterocycles. The largest absolute Gasteiger partial charge is 0.508 e. The van der Waals surface area contributed by atoms with Crippen LogP contribution in [0.1, 0.15) is 50.8 Å². The smallest absolute Gasteiger partial charge is 0.223 e. The van der Waals surface area contributed by atoms with Gasteiger partial charge in [-0.25, -0.2) is 0 Å². The van der Waals surface area contributed by atoms with Crippen LogP contribution in [0.15, 0.2) is 18.2 Å². The van der Waals surface area contributed by atoms with E-state index in [4.69, 9.17) is 11.5 Å². The number of terminal acetylenes is 1. The number of hydrogen-bond donors (Lipinski definition) is 5. The van der Waals surface area contributed by atoms with Gasteiger partial charge in [-0.15, -0.1) is 6.42 Å². The molecular formula is C21H33N3O5. The Kier molecular flexibility index (Phi) is 11.0. The third-order valence-corrected chi connectivity index (χ3v) is 4.22. The Labute approximate surface area is 172 Å². The Morgan fingerprint density at radius 1 is 1.45 bits per heavy atom. The molecule has 1 aromatic rings. The highest BCUT2D eigenvalue weighted by molar-refractivity contribution is 5.77. The first-order chi connectivity index (χ1) is 13.1. The lowest BCUT2D eigenvalue weighted by Crippen LogP contribution is -2.32. The lowest BCUT2D eigenvalue weighted by molar-refractivity contribution is -0.132. The van der Waals surface area contributed by atoms with Crippen molar-refractivity contribution in [1.82, 2.24) is 16.4 Å². The van der Waals surface area contributed by atoms with Crippen LogP contribution in [0.4, 0.5) is 0 Å². The fraction of sp³-hybridized carbons (Fsp3) is 0.524. The van der Waals surface area contributed by atoms with Crippen LogP contribution in [0.25, 0.3) is 0 Å². The highest BCUT2D eigenvalue weighted by Crippen LogP contribution is 2.24. The molecule has 1 heterocycles. The summed E-state index contributed by atoms with van der Waals surface area (Å²) in [5, 5.41) is 30.2. The fourth-order valence-corrected chi connectivity index (χ4v) is 2.78. The van der Waals surface area contributed by atoms with Crippen molar-refractivity contribution in [3.05, 3.63) is 29.3 Å². The highest BCUT2D eigenvalue weighted by Gasteiger charge is 2.27. The van der Waals surface area contributed by atoms with Crippen molar-refractivity contribution in [2.24, 2.45) is 5.41 Å². The minimum atomic E-state index is -0.616. The molecular weight excluding hydrogens is 374 g/mol. The van der Waals surface area contributed by atoms with E-state index in [-0.39, 0.29) is 35.9 Å². The van der Waals surface area contributed by atoms with Crippen molar-refractivity contribution in [3.8, 4) is 18.1 Å². The molecule has 2 unspecified atom stereocenters. The molecule has 7 N–H and O–H groups in total. The summed E-state index contributed by atoms with van der Waals surface area (Å²) in [5.74, 6) is 2.50. The second-order valence-electron chi connectivity index (χ2n) is 7.96. The van der Waals surface area contributed by atoms with Gasteiger partial charge in [0.25, 0.3) is 0 Å². The number of phenolic OH excluding ortho intramolecular Hbond substituents is 1.